The SMILES string of the molecule is Oc1cccc(O)c1.Oc1cccc(O)c1.c1ccc2c(c1)-c1ccccc1-2. The Morgan fingerprint density at radius 2 is 0.571 bits per heavy atom. The molecular formula is C24H20O4. The molecule has 0 amide bonds. The van der Waals surface area contributed by atoms with Gasteiger partial charge in [-0.3, -0.25) is 0 Å². The fraction of sp³-hybridized carbons (Fsp3) is 0. The van der Waals surface area contributed by atoms with Crippen LogP contribution in [0.1, 0.15) is 0 Å². The molecule has 0 unspecified atom stereocenters. The van der Waals surface area contributed by atoms with Gasteiger partial charge in [-0.25, -0.2) is 0 Å². The maximum atomic E-state index is 8.65. The van der Waals surface area contributed by atoms with Gasteiger partial charge in [0, 0.05) is 12.1 Å². The molecule has 4 N–H and O–H groups in total. The number of aromatic hydroxyl groups is 4. The second kappa shape index (κ2) is 8.64. The second-order valence-electron chi connectivity index (χ2n) is 6.13. The molecule has 0 saturated heterocycles. The average molecular weight is 372 g/mol. The molecule has 140 valence electrons. The van der Waals surface area contributed by atoms with Crippen molar-refractivity contribution in [3.05, 3.63) is 97.1 Å². The molecule has 4 heteroatoms. The molecule has 0 spiro atoms. The lowest BCUT2D eigenvalue weighted by molar-refractivity contribution is 0.449. The number of hydrogen-bond acceptors (Lipinski definition) is 4. The number of phenols is 4. The molecule has 1 aliphatic rings. The Morgan fingerprint density at radius 1 is 0.321 bits per heavy atom. The van der Waals surface area contributed by atoms with E-state index in [1.54, 1.807) is 12.1 Å². The molecule has 28 heavy (non-hydrogen) atoms. The summed E-state index contributed by atoms with van der Waals surface area (Å²) in [6.07, 6.45) is 0. The lowest BCUT2D eigenvalue weighted by atomic mass is 9.81. The summed E-state index contributed by atoms with van der Waals surface area (Å²) in [4.78, 5) is 0. The summed E-state index contributed by atoms with van der Waals surface area (Å²) in [5, 5.41) is 34.6. The van der Waals surface area contributed by atoms with Crippen molar-refractivity contribution < 1.29 is 20.4 Å². The third-order valence-corrected chi connectivity index (χ3v) is 4.09. The van der Waals surface area contributed by atoms with Crippen LogP contribution in [0.3, 0.4) is 0 Å². The van der Waals surface area contributed by atoms with E-state index >= 15 is 0 Å². The van der Waals surface area contributed by atoms with Crippen molar-refractivity contribution in [1.82, 2.24) is 0 Å². The van der Waals surface area contributed by atoms with E-state index in [2.05, 4.69) is 48.5 Å². The van der Waals surface area contributed by atoms with E-state index in [9.17, 15) is 0 Å². The summed E-state index contributed by atoms with van der Waals surface area (Å²) in [6.45, 7) is 0. The van der Waals surface area contributed by atoms with Gasteiger partial charge in [0.1, 0.15) is 23.0 Å². The van der Waals surface area contributed by atoms with E-state index in [0.29, 0.717) is 0 Å². The van der Waals surface area contributed by atoms with Gasteiger partial charge in [-0.15, -0.1) is 0 Å². The average Bonchev–Trinajstić information content (AvgIpc) is 2.67. The molecule has 0 aromatic heterocycles. The molecule has 0 radical (unpaired) electrons. The van der Waals surface area contributed by atoms with Crippen LogP contribution in [0.15, 0.2) is 97.1 Å². The summed E-state index contributed by atoms with van der Waals surface area (Å²) in [5.41, 5.74) is 5.59. The molecule has 0 saturated carbocycles. The molecule has 5 rings (SSSR count). The molecule has 0 atom stereocenters. The molecule has 1 aliphatic carbocycles. The Bertz CT molecular complexity index is 895. The monoisotopic (exact) mass is 372 g/mol. The van der Waals surface area contributed by atoms with Gasteiger partial charge in [0.15, 0.2) is 0 Å². The fourth-order valence-corrected chi connectivity index (χ4v) is 2.83. The second-order valence-corrected chi connectivity index (χ2v) is 6.13. The molecule has 0 bridgehead atoms. The van der Waals surface area contributed by atoms with Crippen molar-refractivity contribution in [2.75, 3.05) is 0 Å². The van der Waals surface area contributed by atoms with Gasteiger partial charge in [-0.2, -0.15) is 0 Å². The maximum absolute atomic E-state index is 8.65. The highest BCUT2D eigenvalue weighted by molar-refractivity contribution is 6.02. The van der Waals surface area contributed by atoms with Crippen LogP contribution >= 0.6 is 0 Å². The molecular weight excluding hydrogens is 352 g/mol. The first-order valence-electron chi connectivity index (χ1n) is 8.69. The number of rotatable bonds is 0. The lowest BCUT2D eigenvalue weighted by Crippen LogP contribution is -1.96. The molecule has 0 fully saturated rings. The van der Waals surface area contributed by atoms with E-state index in [0.717, 1.165) is 0 Å². The number of phenolic OH excluding ortho intramolecular Hbond substituents is 4. The van der Waals surface area contributed by atoms with Crippen LogP contribution in [0.4, 0.5) is 0 Å². The quantitative estimate of drug-likeness (QED) is 0.288. The summed E-state index contributed by atoms with van der Waals surface area (Å²) in [6, 6.07) is 28.8. The van der Waals surface area contributed by atoms with Crippen LogP contribution in [0, 0.1) is 0 Å². The van der Waals surface area contributed by atoms with Crippen LogP contribution in [-0.4, -0.2) is 20.4 Å². The van der Waals surface area contributed by atoms with Crippen molar-refractivity contribution in [3.8, 4) is 45.3 Å². The van der Waals surface area contributed by atoms with Crippen molar-refractivity contribution in [2.45, 2.75) is 0 Å². The van der Waals surface area contributed by atoms with E-state index in [4.69, 9.17) is 20.4 Å². The minimum Gasteiger partial charge on any atom is -0.508 e. The van der Waals surface area contributed by atoms with Crippen molar-refractivity contribution in [3.63, 3.8) is 0 Å². The number of fused-ring (bicyclic) bond motifs is 4. The van der Waals surface area contributed by atoms with E-state index in [-0.39, 0.29) is 23.0 Å². The predicted octanol–water partition coefficient (Wildman–Crippen LogP) is 5.53. The van der Waals surface area contributed by atoms with Gasteiger partial charge in [0.25, 0.3) is 0 Å². The summed E-state index contributed by atoms with van der Waals surface area (Å²) >= 11 is 0. The summed E-state index contributed by atoms with van der Waals surface area (Å²) < 4.78 is 0. The third kappa shape index (κ3) is 4.62. The highest BCUT2D eigenvalue weighted by Crippen LogP contribution is 2.46. The van der Waals surface area contributed by atoms with Crippen LogP contribution in [-0.2, 0) is 0 Å². The third-order valence-electron chi connectivity index (χ3n) is 4.09. The highest BCUT2D eigenvalue weighted by Gasteiger charge is 2.19. The first-order valence-corrected chi connectivity index (χ1v) is 8.69. The van der Waals surface area contributed by atoms with E-state index in [1.165, 1.54) is 58.7 Å². The zero-order chi connectivity index (χ0) is 19.9. The molecule has 4 nitrogen and oxygen atoms in total. The van der Waals surface area contributed by atoms with Gasteiger partial charge in [-0.1, -0.05) is 60.7 Å². The topological polar surface area (TPSA) is 80.9 Å². The predicted molar refractivity (Wildman–Crippen MR) is 110 cm³/mol. The molecule has 4 aromatic carbocycles. The largest absolute Gasteiger partial charge is 0.508 e. The zero-order valence-electron chi connectivity index (χ0n) is 15.0. The minimum absolute atomic E-state index is 0.0880. The zero-order valence-corrected chi connectivity index (χ0v) is 15.0. The van der Waals surface area contributed by atoms with Gasteiger partial charge < -0.3 is 20.4 Å². The van der Waals surface area contributed by atoms with Crippen molar-refractivity contribution in [2.24, 2.45) is 0 Å². The molecule has 0 heterocycles. The lowest BCUT2D eigenvalue weighted by Gasteiger charge is -2.22. The summed E-state index contributed by atoms with van der Waals surface area (Å²) in [5.74, 6) is 0.352. The van der Waals surface area contributed by atoms with Gasteiger partial charge in [0.2, 0.25) is 0 Å². The van der Waals surface area contributed by atoms with Gasteiger partial charge in [0.05, 0.1) is 0 Å². The Balaban J connectivity index is 0.000000126. The van der Waals surface area contributed by atoms with Crippen molar-refractivity contribution >= 4 is 0 Å². The maximum Gasteiger partial charge on any atom is 0.119 e. The normalized spacial score (nSPS) is 10.0. The fourth-order valence-electron chi connectivity index (χ4n) is 2.83. The minimum atomic E-state index is 0.0880. The van der Waals surface area contributed by atoms with Gasteiger partial charge >= 0.3 is 0 Å². The Labute approximate surface area is 163 Å². The standard InChI is InChI=1S/C12H8.2C6H6O2/c1-2-6-10-9(5-1)11-7-3-4-8-12(10)11;2*7-5-2-1-3-6(8)4-5/h1-8H;2*1-4,7-8H. The first kappa shape index (κ1) is 18.9. The van der Waals surface area contributed by atoms with Gasteiger partial charge in [-0.05, 0) is 46.5 Å². The Hall–Kier alpha value is -3.92. The molecule has 4 aromatic rings. The van der Waals surface area contributed by atoms with E-state index in [1.807, 2.05) is 0 Å². The highest BCUT2D eigenvalue weighted by atomic mass is 16.3. The molecule has 0 aliphatic heterocycles. The summed E-state index contributed by atoms with van der Waals surface area (Å²) in [7, 11) is 0. The van der Waals surface area contributed by atoms with Crippen LogP contribution in [0.5, 0.6) is 23.0 Å². The van der Waals surface area contributed by atoms with Crippen molar-refractivity contribution in [1.29, 1.82) is 0 Å². The Morgan fingerprint density at radius 3 is 0.750 bits per heavy atom. The number of benzene rings is 4. The van der Waals surface area contributed by atoms with Crippen LogP contribution in [0.2, 0.25) is 0 Å². The number of hydrogen-bond donors (Lipinski definition) is 4. The van der Waals surface area contributed by atoms with E-state index < -0.39 is 0 Å². The van der Waals surface area contributed by atoms with Crippen LogP contribution < -0.4 is 0 Å². The first-order chi connectivity index (χ1) is 13.5. The van der Waals surface area contributed by atoms with Crippen LogP contribution in [0.25, 0.3) is 22.3 Å². The Kier molecular flexibility index (Phi) is 5.82. The smallest absolute Gasteiger partial charge is 0.119 e.